The Morgan fingerprint density at radius 2 is 2.47 bits per heavy atom. The fourth-order valence-electron chi connectivity index (χ4n) is 2.05. The molecule has 15 heavy (non-hydrogen) atoms. The average Bonchev–Trinajstić information content (AvgIpc) is 2.69. The van der Waals surface area contributed by atoms with Crippen LogP contribution in [-0.4, -0.2) is 33.8 Å². The maximum Gasteiger partial charge on any atom is 0.0921 e. The molecule has 1 heterocycles. The highest BCUT2D eigenvalue weighted by Crippen LogP contribution is 2.40. The summed E-state index contributed by atoms with van der Waals surface area (Å²) in [5.41, 5.74) is 1.17. The minimum absolute atomic E-state index is 0.0218. The summed E-state index contributed by atoms with van der Waals surface area (Å²) >= 11 is 0. The zero-order valence-electron chi connectivity index (χ0n) is 9.33. The van der Waals surface area contributed by atoms with Gasteiger partial charge in [0.15, 0.2) is 0 Å². The van der Waals surface area contributed by atoms with Gasteiger partial charge in [0.05, 0.1) is 12.4 Å². The van der Waals surface area contributed by atoms with E-state index in [1.807, 2.05) is 6.20 Å². The van der Waals surface area contributed by atoms with Crippen LogP contribution in [0.5, 0.6) is 0 Å². The van der Waals surface area contributed by atoms with Gasteiger partial charge in [-0.25, -0.2) is 4.98 Å². The summed E-state index contributed by atoms with van der Waals surface area (Å²) in [5, 5.41) is 13.0. The maximum atomic E-state index is 9.57. The molecule has 0 bridgehead atoms. The molecular formula is C11H19N3O. The normalized spacial score (nSPS) is 28.7. The lowest BCUT2D eigenvalue weighted by Crippen LogP contribution is -2.60. The molecule has 0 radical (unpaired) electrons. The van der Waals surface area contributed by atoms with E-state index < -0.39 is 0 Å². The quantitative estimate of drug-likeness (QED) is 0.684. The number of hydrogen-bond donors (Lipinski definition) is 3. The highest BCUT2D eigenvalue weighted by molar-refractivity contribution is 5.02. The van der Waals surface area contributed by atoms with Gasteiger partial charge in [-0.05, 0) is 6.42 Å². The van der Waals surface area contributed by atoms with Gasteiger partial charge in [-0.3, -0.25) is 0 Å². The number of aliphatic hydroxyl groups is 1. The molecule has 2 rings (SSSR count). The summed E-state index contributed by atoms with van der Waals surface area (Å²) in [5.74, 6) is 0. The van der Waals surface area contributed by atoms with Crippen LogP contribution >= 0.6 is 0 Å². The molecule has 1 saturated carbocycles. The SMILES string of the molecule is CC1(C)C(O)CC1NCCc1cnc[nH]1. The van der Waals surface area contributed by atoms with Crippen molar-refractivity contribution in [2.45, 2.75) is 38.8 Å². The third-order valence-corrected chi connectivity index (χ3v) is 3.56. The molecule has 84 valence electrons. The van der Waals surface area contributed by atoms with E-state index in [4.69, 9.17) is 0 Å². The predicted octanol–water partition coefficient (Wildman–Crippen LogP) is 0.701. The molecular weight excluding hydrogens is 190 g/mol. The van der Waals surface area contributed by atoms with E-state index >= 15 is 0 Å². The second-order valence-corrected chi connectivity index (χ2v) is 4.91. The van der Waals surface area contributed by atoms with Gasteiger partial charge in [0.1, 0.15) is 0 Å². The Labute approximate surface area is 90.1 Å². The molecule has 3 N–H and O–H groups in total. The van der Waals surface area contributed by atoms with Gasteiger partial charge in [-0.2, -0.15) is 0 Å². The first-order chi connectivity index (χ1) is 7.10. The fraction of sp³-hybridized carbons (Fsp3) is 0.727. The Hall–Kier alpha value is -0.870. The average molecular weight is 209 g/mol. The van der Waals surface area contributed by atoms with Crippen LogP contribution < -0.4 is 5.32 Å². The minimum Gasteiger partial charge on any atom is -0.392 e. The molecule has 0 amide bonds. The van der Waals surface area contributed by atoms with Crippen LogP contribution in [0, 0.1) is 5.41 Å². The summed E-state index contributed by atoms with van der Waals surface area (Å²) in [6.07, 6.45) is 5.23. The number of aromatic amines is 1. The summed E-state index contributed by atoms with van der Waals surface area (Å²) in [6.45, 7) is 5.15. The van der Waals surface area contributed by atoms with E-state index in [2.05, 4.69) is 29.1 Å². The van der Waals surface area contributed by atoms with Crippen LogP contribution in [-0.2, 0) is 6.42 Å². The van der Waals surface area contributed by atoms with Crippen molar-refractivity contribution in [3.05, 3.63) is 18.2 Å². The molecule has 1 aliphatic rings. The minimum atomic E-state index is -0.151. The Morgan fingerprint density at radius 1 is 1.67 bits per heavy atom. The predicted molar refractivity (Wildman–Crippen MR) is 58.5 cm³/mol. The fourth-order valence-corrected chi connectivity index (χ4v) is 2.05. The first-order valence-corrected chi connectivity index (χ1v) is 5.49. The van der Waals surface area contributed by atoms with E-state index in [0.717, 1.165) is 25.1 Å². The molecule has 4 heteroatoms. The Kier molecular flexibility index (Phi) is 2.80. The number of aromatic nitrogens is 2. The van der Waals surface area contributed by atoms with E-state index in [1.54, 1.807) is 6.33 Å². The van der Waals surface area contributed by atoms with Crippen molar-refractivity contribution >= 4 is 0 Å². The number of nitrogens with one attached hydrogen (secondary N) is 2. The van der Waals surface area contributed by atoms with E-state index in [-0.39, 0.29) is 11.5 Å². The largest absolute Gasteiger partial charge is 0.392 e. The van der Waals surface area contributed by atoms with E-state index in [9.17, 15) is 5.11 Å². The van der Waals surface area contributed by atoms with Crippen molar-refractivity contribution in [1.29, 1.82) is 0 Å². The lowest BCUT2D eigenvalue weighted by molar-refractivity contribution is -0.0720. The molecule has 1 fully saturated rings. The Morgan fingerprint density at radius 3 is 3.00 bits per heavy atom. The van der Waals surface area contributed by atoms with Crippen LogP contribution in [0.2, 0.25) is 0 Å². The van der Waals surface area contributed by atoms with Gasteiger partial charge in [0, 0.05) is 36.3 Å². The lowest BCUT2D eigenvalue weighted by Gasteiger charge is -2.49. The molecule has 1 aromatic rings. The van der Waals surface area contributed by atoms with Crippen LogP contribution in [0.1, 0.15) is 26.0 Å². The number of rotatable bonds is 4. The third-order valence-electron chi connectivity index (χ3n) is 3.56. The lowest BCUT2D eigenvalue weighted by atomic mass is 9.64. The van der Waals surface area contributed by atoms with Crippen LogP contribution in [0.15, 0.2) is 12.5 Å². The van der Waals surface area contributed by atoms with Gasteiger partial charge in [0.2, 0.25) is 0 Å². The van der Waals surface area contributed by atoms with Crippen LogP contribution in [0.25, 0.3) is 0 Å². The topological polar surface area (TPSA) is 60.9 Å². The van der Waals surface area contributed by atoms with E-state index in [1.165, 1.54) is 0 Å². The van der Waals surface area contributed by atoms with Crippen LogP contribution in [0.4, 0.5) is 0 Å². The molecule has 0 spiro atoms. The first-order valence-electron chi connectivity index (χ1n) is 5.49. The second-order valence-electron chi connectivity index (χ2n) is 4.91. The van der Waals surface area contributed by atoms with Gasteiger partial charge >= 0.3 is 0 Å². The molecule has 1 aromatic heterocycles. The van der Waals surface area contributed by atoms with Gasteiger partial charge < -0.3 is 15.4 Å². The number of aliphatic hydroxyl groups excluding tert-OH is 1. The van der Waals surface area contributed by atoms with Crippen molar-refractivity contribution in [3.63, 3.8) is 0 Å². The van der Waals surface area contributed by atoms with E-state index in [0.29, 0.717) is 6.04 Å². The molecule has 0 aromatic carbocycles. The monoisotopic (exact) mass is 209 g/mol. The molecule has 2 unspecified atom stereocenters. The number of nitrogens with zero attached hydrogens (tertiary/aromatic N) is 1. The van der Waals surface area contributed by atoms with Gasteiger partial charge in [-0.15, -0.1) is 0 Å². The van der Waals surface area contributed by atoms with Gasteiger partial charge in [0.25, 0.3) is 0 Å². The Balaban J connectivity index is 1.71. The Bertz CT molecular complexity index is 308. The van der Waals surface area contributed by atoms with Crippen molar-refractivity contribution in [3.8, 4) is 0 Å². The van der Waals surface area contributed by atoms with Crippen molar-refractivity contribution in [2.75, 3.05) is 6.54 Å². The molecule has 1 aliphatic carbocycles. The highest BCUT2D eigenvalue weighted by atomic mass is 16.3. The van der Waals surface area contributed by atoms with Crippen LogP contribution in [0.3, 0.4) is 0 Å². The second kappa shape index (κ2) is 3.94. The summed E-state index contributed by atoms with van der Waals surface area (Å²) in [7, 11) is 0. The van der Waals surface area contributed by atoms with Crippen molar-refractivity contribution in [2.24, 2.45) is 5.41 Å². The zero-order valence-corrected chi connectivity index (χ0v) is 9.33. The standard InChI is InChI=1S/C11H19N3O/c1-11(2)9(5-10(11)15)13-4-3-8-6-12-7-14-8/h6-7,9-10,13,15H,3-5H2,1-2H3,(H,12,14). The molecule has 0 aliphatic heterocycles. The van der Waals surface area contributed by atoms with Crippen molar-refractivity contribution < 1.29 is 5.11 Å². The molecule has 0 saturated heterocycles. The zero-order chi connectivity index (χ0) is 10.9. The summed E-state index contributed by atoms with van der Waals surface area (Å²) < 4.78 is 0. The maximum absolute atomic E-state index is 9.57. The van der Waals surface area contributed by atoms with Crippen molar-refractivity contribution in [1.82, 2.24) is 15.3 Å². The molecule has 4 nitrogen and oxygen atoms in total. The molecule has 2 atom stereocenters. The third kappa shape index (κ3) is 2.06. The van der Waals surface area contributed by atoms with Gasteiger partial charge in [-0.1, -0.05) is 13.8 Å². The summed E-state index contributed by atoms with van der Waals surface area (Å²) in [6, 6.07) is 0.440. The first kappa shape index (κ1) is 10.6. The number of hydrogen-bond acceptors (Lipinski definition) is 3. The number of H-pyrrole nitrogens is 1. The summed E-state index contributed by atoms with van der Waals surface area (Å²) in [4.78, 5) is 7.05. The highest BCUT2D eigenvalue weighted by Gasteiger charge is 2.46. The number of imidazole rings is 1. The smallest absolute Gasteiger partial charge is 0.0921 e.